The van der Waals surface area contributed by atoms with Gasteiger partial charge < -0.3 is 9.80 Å². The molecule has 0 bridgehead atoms. The Morgan fingerprint density at radius 3 is 2.26 bits per heavy atom. The van der Waals surface area contributed by atoms with E-state index >= 15 is 0 Å². The number of halogens is 3. The van der Waals surface area contributed by atoms with E-state index in [4.69, 9.17) is 0 Å². The van der Waals surface area contributed by atoms with E-state index < -0.39 is 11.9 Å². The lowest BCUT2D eigenvalue weighted by molar-refractivity contribution is -0.141. The van der Waals surface area contributed by atoms with Crippen LogP contribution in [-0.4, -0.2) is 53.9 Å². The lowest BCUT2D eigenvalue weighted by Gasteiger charge is -2.22. The molecule has 1 rings (SSSR count). The van der Waals surface area contributed by atoms with Crippen LogP contribution in [0.2, 0.25) is 0 Å². The molecule has 0 aliphatic heterocycles. The summed E-state index contributed by atoms with van der Waals surface area (Å²) in [5, 5.41) is 0. The second kappa shape index (κ2) is 5.85. The van der Waals surface area contributed by atoms with Gasteiger partial charge in [-0.05, 0) is 6.07 Å². The first kappa shape index (κ1) is 15.2. The summed E-state index contributed by atoms with van der Waals surface area (Å²) >= 11 is 0. The summed E-state index contributed by atoms with van der Waals surface area (Å²) in [6.45, 7) is -0.00435. The maximum Gasteiger partial charge on any atom is 0.433 e. The molecule has 1 heterocycles. The van der Waals surface area contributed by atoms with Gasteiger partial charge in [0.2, 0.25) is 0 Å². The first-order valence-corrected chi connectivity index (χ1v) is 5.50. The Hall–Kier alpha value is -1.86. The molecule has 106 valence electrons. The molecular weight excluding hydrogens is 259 g/mol. The zero-order valence-electron chi connectivity index (χ0n) is 11.2. The number of alkyl halides is 3. The Morgan fingerprint density at radius 2 is 1.79 bits per heavy atom. The molecule has 0 spiro atoms. The lowest BCUT2D eigenvalue weighted by Crippen LogP contribution is -2.35. The molecule has 0 radical (unpaired) electrons. The van der Waals surface area contributed by atoms with Gasteiger partial charge in [0.15, 0.2) is 5.96 Å². The average Bonchev–Trinajstić information content (AvgIpc) is 2.27. The Balaban J connectivity index is 2.91. The van der Waals surface area contributed by atoms with E-state index in [2.05, 4.69) is 15.0 Å². The fourth-order valence-corrected chi connectivity index (χ4v) is 1.46. The molecule has 0 amide bonds. The molecule has 0 fully saturated rings. The van der Waals surface area contributed by atoms with Crippen LogP contribution >= 0.6 is 0 Å². The maximum atomic E-state index is 12.5. The van der Waals surface area contributed by atoms with Crippen molar-refractivity contribution in [1.29, 1.82) is 0 Å². The first-order chi connectivity index (χ1) is 8.71. The number of hydrogen-bond acceptors (Lipinski definition) is 3. The predicted molar refractivity (Wildman–Crippen MR) is 65.5 cm³/mol. The molecule has 0 aliphatic rings. The van der Waals surface area contributed by atoms with Crippen molar-refractivity contribution in [3.05, 3.63) is 23.8 Å². The molecule has 0 saturated carbocycles. The van der Waals surface area contributed by atoms with Gasteiger partial charge in [0, 0.05) is 34.4 Å². The van der Waals surface area contributed by atoms with Crippen molar-refractivity contribution in [1.82, 2.24) is 19.8 Å². The van der Waals surface area contributed by atoms with Crippen molar-refractivity contribution in [3.63, 3.8) is 0 Å². The van der Waals surface area contributed by atoms with Gasteiger partial charge in [-0.1, -0.05) is 0 Å². The van der Waals surface area contributed by atoms with E-state index in [1.165, 1.54) is 0 Å². The molecule has 1 aromatic heterocycles. The van der Waals surface area contributed by atoms with Crippen LogP contribution in [0.3, 0.4) is 0 Å². The van der Waals surface area contributed by atoms with Crippen molar-refractivity contribution in [2.45, 2.75) is 12.7 Å². The van der Waals surface area contributed by atoms with Crippen molar-refractivity contribution in [3.8, 4) is 0 Å². The minimum absolute atomic E-state index is 0.00435. The zero-order chi connectivity index (χ0) is 14.6. The van der Waals surface area contributed by atoms with Gasteiger partial charge in [0.1, 0.15) is 18.1 Å². The highest BCUT2D eigenvalue weighted by molar-refractivity contribution is 5.79. The van der Waals surface area contributed by atoms with Crippen molar-refractivity contribution >= 4 is 5.96 Å². The van der Waals surface area contributed by atoms with Crippen LogP contribution in [0.15, 0.2) is 17.3 Å². The van der Waals surface area contributed by atoms with Crippen LogP contribution in [0.1, 0.15) is 11.5 Å². The SMILES string of the molecule is CN(C)C(=NCc1nccc(C(F)(F)F)n1)N(C)C. The third-order valence-corrected chi connectivity index (χ3v) is 2.16. The third-order valence-electron chi connectivity index (χ3n) is 2.16. The van der Waals surface area contributed by atoms with E-state index in [0.29, 0.717) is 5.96 Å². The van der Waals surface area contributed by atoms with Gasteiger partial charge in [-0.15, -0.1) is 0 Å². The molecule has 5 nitrogen and oxygen atoms in total. The van der Waals surface area contributed by atoms with Gasteiger partial charge in [-0.25, -0.2) is 15.0 Å². The first-order valence-electron chi connectivity index (χ1n) is 5.50. The number of rotatable bonds is 2. The van der Waals surface area contributed by atoms with Crippen LogP contribution < -0.4 is 0 Å². The molecule has 19 heavy (non-hydrogen) atoms. The summed E-state index contributed by atoms with van der Waals surface area (Å²) in [6, 6.07) is 0.839. The lowest BCUT2D eigenvalue weighted by atomic mass is 10.4. The second-order valence-electron chi connectivity index (χ2n) is 4.26. The molecule has 0 aromatic carbocycles. The van der Waals surface area contributed by atoms with Gasteiger partial charge in [-0.2, -0.15) is 13.2 Å². The van der Waals surface area contributed by atoms with Crippen LogP contribution in [-0.2, 0) is 12.7 Å². The molecule has 0 aliphatic carbocycles. The van der Waals surface area contributed by atoms with E-state index in [9.17, 15) is 13.2 Å². The van der Waals surface area contributed by atoms with Crippen LogP contribution in [0.25, 0.3) is 0 Å². The second-order valence-corrected chi connectivity index (χ2v) is 4.26. The fraction of sp³-hybridized carbons (Fsp3) is 0.545. The highest BCUT2D eigenvalue weighted by atomic mass is 19.4. The Bertz CT molecular complexity index is 444. The zero-order valence-corrected chi connectivity index (χ0v) is 11.2. The highest BCUT2D eigenvalue weighted by Crippen LogP contribution is 2.26. The minimum atomic E-state index is -4.46. The van der Waals surface area contributed by atoms with Crippen molar-refractivity contribution in [2.24, 2.45) is 4.99 Å². The number of nitrogens with zero attached hydrogens (tertiary/aromatic N) is 5. The standard InChI is InChI=1S/C11H16F3N5/c1-18(2)10(19(3)4)16-7-9-15-6-5-8(17-9)11(12,13)14/h5-6H,7H2,1-4H3. The van der Waals surface area contributed by atoms with Crippen molar-refractivity contribution < 1.29 is 13.2 Å². The summed E-state index contributed by atoms with van der Waals surface area (Å²) in [5.41, 5.74) is -0.955. The summed E-state index contributed by atoms with van der Waals surface area (Å²) in [5.74, 6) is 0.664. The fourth-order valence-electron chi connectivity index (χ4n) is 1.46. The van der Waals surface area contributed by atoms with Crippen LogP contribution in [0.5, 0.6) is 0 Å². The van der Waals surface area contributed by atoms with Crippen LogP contribution in [0.4, 0.5) is 13.2 Å². The summed E-state index contributed by atoms with van der Waals surface area (Å²) in [7, 11) is 7.19. The topological polar surface area (TPSA) is 44.6 Å². The van der Waals surface area contributed by atoms with Crippen molar-refractivity contribution in [2.75, 3.05) is 28.2 Å². The van der Waals surface area contributed by atoms with Gasteiger partial charge in [-0.3, -0.25) is 0 Å². The minimum Gasteiger partial charge on any atom is -0.349 e. The molecular formula is C11H16F3N5. The van der Waals surface area contributed by atoms with Gasteiger partial charge >= 0.3 is 6.18 Å². The van der Waals surface area contributed by atoms with E-state index in [1.807, 2.05) is 0 Å². The summed E-state index contributed by atoms with van der Waals surface area (Å²) in [4.78, 5) is 15.0. The molecule has 1 aromatic rings. The number of hydrogen-bond donors (Lipinski definition) is 0. The monoisotopic (exact) mass is 275 g/mol. The van der Waals surface area contributed by atoms with E-state index in [1.54, 1.807) is 38.0 Å². The predicted octanol–water partition coefficient (Wildman–Crippen LogP) is 1.47. The normalized spacial score (nSPS) is 11.1. The maximum absolute atomic E-state index is 12.5. The number of guanidine groups is 1. The third kappa shape index (κ3) is 4.38. The summed E-state index contributed by atoms with van der Waals surface area (Å²) in [6.07, 6.45) is -3.38. The molecule has 0 saturated heterocycles. The molecule has 0 N–H and O–H groups in total. The average molecular weight is 275 g/mol. The quantitative estimate of drug-likeness (QED) is 0.605. The number of aromatic nitrogens is 2. The van der Waals surface area contributed by atoms with Gasteiger partial charge in [0.05, 0.1) is 0 Å². The Morgan fingerprint density at radius 1 is 1.21 bits per heavy atom. The van der Waals surface area contributed by atoms with E-state index in [0.717, 1.165) is 12.3 Å². The molecule has 8 heteroatoms. The molecule has 0 atom stereocenters. The highest BCUT2D eigenvalue weighted by Gasteiger charge is 2.32. The largest absolute Gasteiger partial charge is 0.433 e. The Kier molecular flexibility index (Phi) is 4.68. The Labute approximate surface area is 109 Å². The smallest absolute Gasteiger partial charge is 0.349 e. The number of aliphatic imine (C=N–C) groups is 1. The molecule has 0 unspecified atom stereocenters. The summed E-state index contributed by atoms with van der Waals surface area (Å²) < 4.78 is 37.4. The van der Waals surface area contributed by atoms with E-state index in [-0.39, 0.29) is 12.4 Å². The van der Waals surface area contributed by atoms with Gasteiger partial charge in [0.25, 0.3) is 0 Å². The van der Waals surface area contributed by atoms with Crippen LogP contribution in [0, 0.1) is 0 Å².